The molecule has 0 radical (unpaired) electrons. The fourth-order valence-corrected chi connectivity index (χ4v) is 6.16. The number of rotatable bonds is 4. The Labute approximate surface area is 188 Å². The molecule has 2 aromatic heterocycles. The third-order valence-electron chi connectivity index (χ3n) is 7.63. The summed E-state index contributed by atoms with van der Waals surface area (Å²) in [5, 5.41) is 12.9. The predicted octanol–water partition coefficient (Wildman–Crippen LogP) is 3.55. The summed E-state index contributed by atoms with van der Waals surface area (Å²) in [7, 11) is 2.21. The Bertz CT molecular complexity index is 1130. The molecule has 0 bridgehead atoms. The van der Waals surface area contributed by atoms with Crippen molar-refractivity contribution in [3.05, 3.63) is 47.7 Å². The minimum atomic E-state index is 0.0291. The molecule has 3 atom stereocenters. The molecule has 6 rings (SSSR count). The highest BCUT2D eigenvalue weighted by atomic mass is 16.1. The minimum absolute atomic E-state index is 0.0291. The van der Waals surface area contributed by atoms with Gasteiger partial charge in [0.2, 0.25) is 5.91 Å². The number of hydrogen-bond acceptors (Lipinski definition) is 5. The second-order valence-corrected chi connectivity index (χ2v) is 9.73. The molecule has 2 fully saturated rings. The van der Waals surface area contributed by atoms with E-state index in [-0.39, 0.29) is 5.91 Å². The number of carbonyl (C=O) groups excluding carboxylic acids is 1. The fourth-order valence-electron chi connectivity index (χ4n) is 6.16. The third kappa shape index (κ3) is 3.45. The number of nitrogens with zero attached hydrogens (tertiary/aromatic N) is 4. The summed E-state index contributed by atoms with van der Waals surface area (Å²) in [4.78, 5) is 21.0. The lowest BCUT2D eigenvalue weighted by atomic mass is 9.72. The number of fused-ring (bicyclic) bond motifs is 2. The summed E-state index contributed by atoms with van der Waals surface area (Å²) in [6.07, 6.45) is 7.23. The molecule has 3 aliphatic rings. The monoisotopic (exact) mass is 430 g/mol. The normalized spacial score (nSPS) is 25.2. The summed E-state index contributed by atoms with van der Waals surface area (Å²) in [5.74, 6) is 2.27. The maximum absolute atomic E-state index is 12.8. The molecule has 0 saturated carbocycles. The van der Waals surface area contributed by atoms with Crippen LogP contribution in [-0.2, 0) is 11.2 Å². The highest BCUT2D eigenvalue weighted by Gasteiger charge is 2.39. The zero-order valence-electron chi connectivity index (χ0n) is 18.6. The average molecular weight is 431 g/mol. The Kier molecular flexibility index (Phi) is 4.86. The Morgan fingerprint density at radius 2 is 2.06 bits per heavy atom. The highest BCUT2D eigenvalue weighted by Crippen LogP contribution is 2.44. The van der Waals surface area contributed by atoms with Crippen molar-refractivity contribution in [3.63, 3.8) is 0 Å². The average Bonchev–Trinajstić information content (AvgIpc) is 3.47. The Balaban J connectivity index is 1.13. The van der Waals surface area contributed by atoms with E-state index in [2.05, 4.69) is 61.7 Å². The van der Waals surface area contributed by atoms with Crippen molar-refractivity contribution in [1.29, 1.82) is 0 Å². The van der Waals surface area contributed by atoms with Crippen LogP contribution in [0.4, 0.5) is 11.6 Å². The number of H-pyrrole nitrogens is 1. The van der Waals surface area contributed by atoms with E-state index >= 15 is 0 Å². The van der Waals surface area contributed by atoms with Gasteiger partial charge in [0.1, 0.15) is 0 Å². The zero-order valence-corrected chi connectivity index (χ0v) is 18.6. The summed E-state index contributed by atoms with van der Waals surface area (Å²) in [5.41, 5.74) is 4.10. The molecule has 7 nitrogen and oxygen atoms in total. The standard InChI is InChI=1S/C25H30N6O/c1-30-15-16(11-19-18-5-4-6-20-25(18)17(14-26-20)13-21(19)30)12-24(32)27-22-7-8-23(29-28-22)31-9-2-3-10-31/h4-8,14,16,19,21,26H,2-3,9-13,15H2,1H3,(H,27,28,32)/t16-,19?,21+/m0/s1. The number of nitrogens with one attached hydrogen (secondary N) is 2. The van der Waals surface area contributed by atoms with Crippen LogP contribution in [0.15, 0.2) is 36.5 Å². The molecule has 3 aromatic rings. The predicted molar refractivity (Wildman–Crippen MR) is 126 cm³/mol. The lowest BCUT2D eigenvalue weighted by molar-refractivity contribution is -0.117. The molecule has 2 N–H and O–H groups in total. The number of amides is 1. The summed E-state index contributed by atoms with van der Waals surface area (Å²) >= 11 is 0. The van der Waals surface area contributed by atoms with Crippen LogP contribution in [0.3, 0.4) is 0 Å². The molecule has 1 amide bonds. The Morgan fingerprint density at radius 3 is 2.88 bits per heavy atom. The highest BCUT2D eigenvalue weighted by molar-refractivity contribution is 5.90. The van der Waals surface area contributed by atoms with Crippen LogP contribution in [-0.4, -0.2) is 58.7 Å². The number of carbonyl (C=O) groups is 1. The van der Waals surface area contributed by atoms with E-state index in [1.807, 2.05) is 12.1 Å². The van der Waals surface area contributed by atoms with Gasteiger partial charge in [0, 0.05) is 55.1 Å². The number of likely N-dealkylation sites (N-methyl/N-ethyl adjacent to an activating group) is 1. The van der Waals surface area contributed by atoms with E-state index < -0.39 is 0 Å². The summed E-state index contributed by atoms with van der Waals surface area (Å²) in [6.45, 7) is 3.02. The number of piperidine rings is 1. The first-order valence-electron chi connectivity index (χ1n) is 11.8. The molecule has 2 aliphatic heterocycles. The molecular weight excluding hydrogens is 400 g/mol. The van der Waals surface area contributed by atoms with Crippen LogP contribution >= 0.6 is 0 Å². The first kappa shape index (κ1) is 19.7. The number of likely N-dealkylation sites (tertiary alicyclic amines) is 1. The first-order valence-corrected chi connectivity index (χ1v) is 11.8. The SMILES string of the molecule is CN1C[C@H](CC(=O)Nc2ccc(N3CCCC3)nn2)CC2c3cccc4[nH]cc(c34)C[C@H]21. The molecule has 4 heterocycles. The van der Waals surface area contributed by atoms with Gasteiger partial charge in [-0.2, -0.15) is 0 Å². The van der Waals surface area contributed by atoms with Gasteiger partial charge >= 0.3 is 0 Å². The van der Waals surface area contributed by atoms with Crippen LogP contribution in [0.25, 0.3) is 10.9 Å². The van der Waals surface area contributed by atoms with E-state index in [4.69, 9.17) is 0 Å². The van der Waals surface area contributed by atoms with Crippen molar-refractivity contribution in [1.82, 2.24) is 20.1 Å². The fraction of sp³-hybridized carbons (Fsp3) is 0.480. The van der Waals surface area contributed by atoms with E-state index in [1.165, 1.54) is 34.9 Å². The largest absolute Gasteiger partial charge is 0.361 e. The third-order valence-corrected chi connectivity index (χ3v) is 7.63. The zero-order chi connectivity index (χ0) is 21.7. The topological polar surface area (TPSA) is 77.2 Å². The van der Waals surface area contributed by atoms with Crippen molar-refractivity contribution in [3.8, 4) is 0 Å². The van der Waals surface area contributed by atoms with Crippen LogP contribution < -0.4 is 10.2 Å². The lowest BCUT2D eigenvalue weighted by Gasteiger charge is -2.45. The maximum Gasteiger partial charge on any atom is 0.225 e. The van der Waals surface area contributed by atoms with Crippen molar-refractivity contribution < 1.29 is 4.79 Å². The number of benzene rings is 1. The van der Waals surface area contributed by atoms with Gasteiger partial charge in [-0.1, -0.05) is 12.1 Å². The molecule has 1 aromatic carbocycles. The van der Waals surface area contributed by atoms with E-state index in [9.17, 15) is 4.79 Å². The number of hydrogen-bond donors (Lipinski definition) is 2. The smallest absolute Gasteiger partial charge is 0.225 e. The molecule has 2 saturated heterocycles. The van der Waals surface area contributed by atoms with E-state index in [0.29, 0.717) is 30.1 Å². The second kappa shape index (κ2) is 7.89. The number of aromatic amines is 1. The quantitative estimate of drug-likeness (QED) is 0.662. The van der Waals surface area contributed by atoms with Gasteiger partial charge < -0.3 is 20.1 Å². The van der Waals surface area contributed by atoms with Crippen LogP contribution in [0, 0.1) is 5.92 Å². The molecule has 32 heavy (non-hydrogen) atoms. The summed E-state index contributed by atoms with van der Waals surface area (Å²) < 4.78 is 0. The van der Waals surface area contributed by atoms with Crippen molar-refractivity contribution >= 4 is 28.4 Å². The van der Waals surface area contributed by atoms with Gasteiger partial charge in [0.25, 0.3) is 0 Å². The van der Waals surface area contributed by atoms with Crippen molar-refractivity contribution in [2.45, 2.75) is 44.1 Å². The van der Waals surface area contributed by atoms with Gasteiger partial charge in [-0.15, -0.1) is 10.2 Å². The molecule has 1 unspecified atom stereocenters. The lowest BCUT2D eigenvalue weighted by Crippen LogP contribution is -2.48. The maximum atomic E-state index is 12.8. The Morgan fingerprint density at radius 1 is 1.19 bits per heavy atom. The van der Waals surface area contributed by atoms with Crippen molar-refractivity contribution in [2.75, 3.05) is 36.9 Å². The van der Waals surface area contributed by atoms with E-state index in [0.717, 1.165) is 38.3 Å². The van der Waals surface area contributed by atoms with Gasteiger partial charge in [0.05, 0.1) is 0 Å². The van der Waals surface area contributed by atoms with Crippen LogP contribution in [0.5, 0.6) is 0 Å². The van der Waals surface area contributed by atoms with E-state index in [1.54, 1.807) is 0 Å². The molecule has 0 spiro atoms. The van der Waals surface area contributed by atoms with Crippen molar-refractivity contribution in [2.24, 2.45) is 5.92 Å². The first-order chi connectivity index (χ1) is 15.7. The van der Waals surface area contributed by atoms with Gasteiger partial charge in [-0.05, 0) is 68.0 Å². The second-order valence-electron chi connectivity index (χ2n) is 9.73. The molecule has 166 valence electrons. The minimum Gasteiger partial charge on any atom is -0.361 e. The Hall–Kier alpha value is -2.93. The van der Waals surface area contributed by atoms with Gasteiger partial charge in [-0.25, -0.2) is 0 Å². The van der Waals surface area contributed by atoms with Crippen LogP contribution in [0.1, 0.15) is 42.7 Å². The molecular formula is C25H30N6O. The molecule has 7 heteroatoms. The number of aromatic nitrogens is 3. The summed E-state index contributed by atoms with van der Waals surface area (Å²) in [6, 6.07) is 10.9. The number of anilines is 2. The van der Waals surface area contributed by atoms with Gasteiger partial charge in [0.15, 0.2) is 11.6 Å². The molecule has 1 aliphatic carbocycles. The van der Waals surface area contributed by atoms with Gasteiger partial charge in [-0.3, -0.25) is 4.79 Å². The van der Waals surface area contributed by atoms with Crippen LogP contribution in [0.2, 0.25) is 0 Å².